The molecule has 7 atom stereocenters. The normalized spacial score (nSPS) is 41.2. The number of rotatable bonds is 6. The standard InChI is InChI=1S/C24H38O5/c1-6-17(26)13-16-7-8-18-19-9-10-21(29-15(2)25)23(19,3)12-11-20(18)24(16,4)14-22(27)28-5/h16,18-21H,6-14H2,1-5H3. The van der Waals surface area contributed by atoms with Crippen LogP contribution in [0.2, 0.25) is 0 Å². The van der Waals surface area contributed by atoms with Gasteiger partial charge in [0.1, 0.15) is 11.9 Å². The van der Waals surface area contributed by atoms with E-state index in [0.717, 1.165) is 38.5 Å². The highest BCUT2D eigenvalue weighted by Gasteiger charge is 2.60. The summed E-state index contributed by atoms with van der Waals surface area (Å²) in [4.78, 5) is 36.3. The minimum absolute atomic E-state index is 0.0113. The maximum atomic E-state index is 12.4. The van der Waals surface area contributed by atoms with Gasteiger partial charge in [-0.05, 0) is 67.6 Å². The van der Waals surface area contributed by atoms with Crippen LogP contribution in [0.1, 0.15) is 85.5 Å². The summed E-state index contributed by atoms with van der Waals surface area (Å²) in [6.07, 6.45) is 7.70. The van der Waals surface area contributed by atoms with Crippen molar-refractivity contribution >= 4 is 17.7 Å². The average molecular weight is 407 g/mol. The Morgan fingerprint density at radius 1 is 1.00 bits per heavy atom. The Bertz CT molecular complexity index is 658. The zero-order valence-electron chi connectivity index (χ0n) is 18.8. The predicted molar refractivity (Wildman–Crippen MR) is 110 cm³/mol. The minimum Gasteiger partial charge on any atom is -0.469 e. The van der Waals surface area contributed by atoms with Gasteiger partial charge in [0, 0.05) is 25.2 Å². The molecule has 3 saturated carbocycles. The van der Waals surface area contributed by atoms with Crippen LogP contribution >= 0.6 is 0 Å². The number of fused-ring (bicyclic) bond motifs is 3. The Kier molecular flexibility index (Phi) is 6.45. The van der Waals surface area contributed by atoms with Gasteiger partial charge in [-0.1, -0.05) is 20.8 Å². The van der Waals surface area contributed by atoms with E-state index in [0.29, 0.717) is 42.8 Å². The van der Waals surface area contributed by atoms with E-state index in [1.165, 1.54) is 14.0 Å². The van der Waals surface area contributed by atoms with Crippen molar-refractivity contribution in [2.75, 3.05) is 7.11 Å². The van der Waals surface area contributed by atoms with Crippen LogP contribution in [0.3, 0.4) is 0 Å². The van der Waals surface area contributed by atoms with E-state index in [1.54, 1.807) is 0 Å². The fourth-order valence-corrected chi connectivity index (χ4v) is 7.29. The molecule has 0 aromatic rings. The molecule has 0 aromatic carbocycles. The maximum absolute atomic E-state index is 12.4. The van der Waals surface area contributed by atoms with Gasteiger partial charge in [-0.3, -0.25) is 14.4 Å². The Hall–Kier alpha value is -1.39. The first-order valence-electron chi connectivity index (χ1n) is 11.4. The van der Waals surface area contributed by atoms with Crippen LogP contribution < -0.4 is 0 Å². The summed E-state index contributed by atoms with van der Waals surface area (Å²) >= 11 is 0. The lowest BCUT2D eigenvalue weighted by molar-refractivity contribution is -0.165. The molecule has 3 fully saturated rings. The summed E-state index contributed by atoms with van der Waals surface area (Å²) < 4.78 is 10.8. The first kappa shape index (κ1) is 22.3. The van der Waals surface area contributed by atoms with Crippen LogP contribution in [0.25, 0.3) is 0 Å². The summed E-state index contributed by atoms with van der Waals surface area (Å²) in [5.41, 5.74) is -0.174. The molecule has 3 rings (SSSR count). The van der Waals surface area contributed by atoms with Crippen molar-refractivity contribution in [2.24, 2.45) is 34.5 Å². The number of ketones is 1. The number of hydrogen-bond donors (Lipinski definition) is 0. The Morgan fingerprint density at radius 2 is 1.72 bits per heavy atom. The SMILES string of the molecule is CCC(=O)CC1CCC2C(CCC3(C)C(OC(C)=O)CCC23)C1(C)CC(=O)OC. The third-order valence-electron chi connectivity index (χ3n) is 8.91. The van der Waals surface area contributed by atoms with Gasteiger partial charge >= 0.3 is 11.9 Å². The number of carbonyl (C=O) groups excluding carboxylic acids is 3. The van der Waals surface area contributed by atoms with Crippen LogP contribution in [0, 0.1) is 34.5 Å². The van der Waals surface area contributed by atoms with Crippen LogP contribution in [-0.2, 0) is 23.9 Å². The van der Waals surface area contributed by atoms with Crippen LogP contribution in [0.15, 0.2) is 0 Å². The number of ether oxygens (including phenoxy) is 2. The fourth-order valence-electron chi connectivity index (χ4n) is 7.29. The Morgan fingerprint density at radius 3 is 2.34 bits per heavy atom. The second kappa shape index (κ2) is 8.39. The Balaban J connectivity index is 1.87. The molecule has 0 saturated heterocycles. The molecule has 0 spiro atoms. The molecule has 7 unspecified atom stereocenters. The highest BCUT2D eigenvalue weighted by atomic mass is 16.5. The molecule has 3 aliphatic rings. The van der Waals surface area contributed by atoms with Gasteiger partial charge < -0.3 is 9.47 Å². The van der Waals surface area contributed by atoms with E-state index >= 15 is 0 Å². The van der Waals surface area contributed by atoms with Crippen molar-refractivity contribution in [3.8, 4) is 0 Å². The van der Waals surface area contributed by atoms with E-state index in [2.05, 4.69) is 13.8 Å². The first-order valence-corrected chi connectivity index (χ1v) is 11.4. The molecular weight excluding hydrogens is 368 g/mol. The average Bonchev–Trinajstić information content (AvgIpc) is 2.99. The third kappa shape index (κ3) is 3.98. The summed E-state index contributed by atoms with van der Waals surface area (Å²) in [6.45, 7) is 7.96. The van der Waals surface area contributed by atoms with E-state index in [9.17, 15) is 14.4 Å². The summed E-state index contributed by atoms with van der Waals surface area (Å²) in [5.74, 6) is 1.64. The maximum Gasteiger partial charge on any atom is 0.306 e. The highest BCUT2D eigenvalue weighted by molar-refractivity contribution is 5.78. The smallest absolute Gasteiger partial charge is 0.306 e. The van der Waals surface area contributed by atoms with E-state index < -0.39 is 0 Å². The van der Waals surface area contributed by atoms with E-state index in [-0.39, 0.29) is 34.8 Å². The second-order valence-electron chi connectivity index (χ2n) is 10.2. The summed E-state index contributed by atoms with van der Waals surface area (Å²) in [5, 5.41) is 0. The number of methoxy groups -OCH3 is 1. The van der Waals surface area contributed by atoms with E-state index in [1.807, 2.05) is 6.92 Å². The van der Waals surface area contributed by atoms with Gasteiger partial charge in [-0.25, -0.2) is 0 Å². The van der Waals surface area contributed by atoms with Gasteiger partial charge in [0.15, 0.2) is 0 Å². The molecular formula is C24H38O5. The van der Waals surface area contributed by atoms with Gasteiger partial charge in [-0.15, -0.1) is 0 Å². The molecule has 164 valence electrons. The molecule has 0 N–H and O–H groups in total. The van der Waals surface area contributed by atoms with Crippen molar-refractivity contribution in [1.82, 2.24) is 0 Å². The summed E-state index contributed by atoms with van der Waals surface area (Å²) in [6, 6.07) is 0. The molecule has 5 nitrogen and oxygen atoms in total. The number of Topliss-reactive ketones (excluding diaryl/α,β-unsaturated/α-hetero) is 1. The first-order chi connectivity index (χ1) is 13.7. The zero-order valence-corrected chi connectivity index (χ0v) is 18.8. The topological polar surface area (TPSA) is 69.7 Å². The van der Waals surface area contributed by atoms with Crippen molar-refractivity contribution < 1.29 is 23.9 Å². The van der Waals surface area contributed by atoms with Crippen molar-refractivity contribution in [2.45, 2.75) is 91.6 Å². The monoisotopic (exact) mass is 406 g/mol. The molecule has 0 heterocycles. The van der Waals surface area contributed by atoms with Crippen molar-refractivity contribution in [1.29, 1.82) is 0 Å². The predicted octanol–water partition coefficient (Wildman–Crippen LogP) is 4.71. The van der Waals surface area contributed by atoms with Crippen molar-refractivity contribution in [3.05, 3.63) is 0 Å². The molecule has 0 amide bonds. The van der Waals surface area contributed by atoms with Gasteiger partial charge in [0.25, 0.3) is 0 Å². The van der Waals surface area contributed by atoms with Crippen molar-refractivity contribution in [3.63, 3.8) is 0 Å². The van der Waals surface area contributed by atoms with Crippen LogP contribution in [0.5, 0.6) is 0 Å². The van der Waals surface area contributed by atoms with Crippen LogP contribution in [-0.4, -0.2) is 30.9 Å². The Labute approximate surface area is 175 Å². The zero-order chi connectivity index (χ0) is 21.4. The minimum atomic E-state index is -0.207. The quantitative estimate of drug-likeness (QED) is 0.598. The molecule has 0 aliphatic heterocycles. The molecule has 0 aromatic heterocycles. The van der Waals surface area contributed by atoms with Gasteiger partial charge in [0.05, 0.1) is 13.5 Å². The molecule has 3 aliphatic carbocycles. The molecule has 0 radical (unpaired) electrons. The number of esters is 2. The molecule has 0 bridgehead atoms. The lowest BCUT2D eigenvalue weighted by Gasteiger charge is -2.58. The van der Waals surface area contributed by atoms with E-state index in [4.69, 9.17) is 9.47 Å². The molecule has 5 heteroatoms. The highest BCUT2D eigenvalue weighted by Crippen LogP contribution is 2.65. The number of carbonyl (C=O) groups is 3. The number of hydrogen-bond acceptors (Lipinski definition) is 5. The van der Waals surface area contributed by atoms with Crippen LogP contribution in [0.4, 0.5) is 0 Å². The largest absolute Gasteiger partial charge is 0.469 e. The summed E-state index contributed by atoms with van der Waals surface area (Å²) in [7, 11) is 1.46. The third-order valence-corrected chi connectivity index (χ3v) is 8.91. The lowest BCUT2D eigenvalue weighted by atomic mass is 9.46. The van der Waals surface area contributed by atoms with Gasteiger partial charge in [-0.2, -0.15) is 0 Å². The fraction of sp³-hybridized carbons (Fsp3) is 0.875. The molecule has 29 heavy (non-hydrogen) atoms. The second-order valence-corrected chi connectivity index (χ2v) is 10.2. The van der Waals surface area contributed by atoms with Gasteiger partial charge in [0.2, 0.25) is 0 Å². The lowest BCUT2D eigenvalue weighted by Crippen LogP contribution is -2.53.